The molecule has 2 aromatic rings. The van der Waals surface area contributed by atoms with Gasteiger partial charge in [0, 0.05) is 16.6 Å². The minimum absolute atomic E-state index is 0.0198. The molecule has 132 valence electrons. The highest BCUT2D eigenvalue weighted by Gasteiger charge is 2.22. The summed E-state index contributed by atoms with van der Waals surface area (Å²) in [6.45, 7) is 5.53. The molecule has 0 heterocycles. The van der Waals surface area contributed by atoms with Gasteiger partial charge in [-0.25, -0.2) is 0 Å². The maximum Gasteiger partial charge on any atom is 0.271 e. The van der Waals surface area contributed by atoms with E-state index in [0.29, 0.717) is 15.6 Å². The maximum absolute atomic E-state index is 12.7. The second kappa shape index (κ2) is 7.41. The number of benzene rings is 2. The van der Waals surface area contributed by atoms with E-state index >= 15 is 0 Å². The van der Waals surface area contributed by atoms with Crippen LogP contribution in [-0.4, -0.2) is 15.9 Å². The Morgan fingerprint density at radius 2 is 2.00 bits per heavy atom. The highest BCUT2D eigenvalue weighted by atomic mass is 79.9. The topological polar surface area (TPSA) is 92.5 Å². The Morgan fingerprint density at radius 1 is 1.36 bits per heavy atom. The molecule has 0 aliphatic rings. The number of nitro benzene ring substituents is 1. The number of anilines is 1. The molecule has 0 aromatic heterocycles. The van der Waals surface area contributed by atoms with Gasteiger partial charge in [-0.2, -0.15) is 0 Å². The van der Waals surface area contributed by atoms with Crippen molar-refractivity contribution in [2.45, 2.75) is 26.7 Å². The summed E-state index contributed by atoms with van der Waals surface area (Å²) in [6.07, 6.45) is 0. The van der Waals surface area contributed by atoms with Gasteiger partial charge in [-0.3, -0.25) is 14.9 Å². The summed E-state index contributed by atoms with van der Waals surface area (Å²) in [7, 11) is 0. The lowest BCUT2D eigenvalue weighted by atomic mass is 9.95. The van der Waals surface area contributed by atoms with Crippen LogP contribution < -0.4 is 5.32 Å². The van der Waals surface area contributed by atoms with Crippen LogP contribution >= 0.6 is 27.5 Å². The summed E-state index contributed by atoms with van der Waals surface area (Å²) in [5, 5.41) is 23.9. The van der Waals surface area contributed by atoms with Gasteiger partial charge < -0.3 is 10.4 Å². The zero-order valence-corrected chi connectivity index (χ0v) is 16.1. The van der Waals surface area contributed by atoms with E-state index in [1.54, 1.807) is 13.0 Å². The number of hydrogen-bond acceptors (Lipinski definition) is 4. The summed E-state index contributed by atoms with van der Waals surface area (Å²) in [6, 6.07) is 5.54. The molecule has 0 aliphatic heterocycles. The quantitative estimate of drug-likeness (QED) is 0.504. The van der Waals surface area contributed by atoms with E-state index in [1.807, 2.05) is 13.8 Å². The molecule has 1 amide bonds. The fraction of sp³-hybridized carbons (Fsp3) is 0.235. The van der Waals surface area contributed by atoms with Crippen molar-refractivity contribution in [3.05, 3.63) is 60.6 Å². The molecule has 2 rings (SSSR count). The van der Waals surface area contributed by atoms with Crippen molar-refractivity contribution in [1.82, 2.24) is 0 Å². The van der Waals surface area contributed by atoms with Crippen LogP contribution in [0.5, 0.6) is 5.75 Å². The summed E-state index contributed by atoms with van der Waals surface area (Å²) in [5.41, 5.74) is 1.40. The number of phenols is 1. The molecule has 0 atom stereocenters. The Morgan fingerprint density at radius 3 is 2.52 bits per heavy atom. The lowest BCUT2D eigenvalue weighted by molar-refractivity contribution is -0.384. The number of phenolic OH excluding ortho intramolecular Hbond substituents is 1. The van der Waals surface area contributed by atoms with Crippen molar-refractivity contribution in [1.29, 1.82) is 0 Å². The second-order valence-electron chi connectivity index (χ2n) is 5.83. The minimum atomic E-state index is -0.573. The molecule has 0 fully saturated rings. The monoisotopic (exact) mass is 426 g/mol. The first-order valence-electron chi connectivity index (χ1n) is 7.40. The molecule has 2 N–H and O–H groups in total. The fourth-order valence-corrected chi connectivity index (χ4v) is 3.04. The van der Waals surface area contributed by atoms with Crippen LogP contribution in [0.2, 0.25) is 5.02 Å². The summed E-state index contributed by atoms with van der Waals surface area (Å²) in [4.78, 5) is 22.9. The second-order valence-corrected chi connectivity index (χ2v) is 7.09. The molecular formula is C17H16BrClN2O4. The molecule has 8 heteroatoms. The molecule has 0 spiro atoms. The van der Waals surface area contributed by atoms with Crippen molar-refractivity contribution < 1.29 is 14.8 Å². The Hall–Kier alpha value is -2.12. The number of hydrogen-bond donors (Lipinski definition) is 2. The zero-order chi connectivity index (χ0) is 18.9. The smallest absolute Gasteiger partial charge is 0.271 e. The molecule has 6 nitrogen and oxygen atoms in total. The van der Waals surface area contributed by atoms with Crippen molar-refractivity contribution in [3.63, 3.8) is 0 Å². The maximum atomic E-state index is 12.7. The van der Waals surface area contributed by atoms with Crippen LogP contribution in [0.25, 0.3) is 0 Å². The molecule has 0 bridgehead atoms. The Kier molecular flexibility index (Phi) is 5.69. The molecule has 2 aromatic carbocycles. The lowest BCUT2D eigenvalue weighted by Gasteiger charge is -2.17. The van der Waals surface area contributed by atoms with Gasteiger partial charge in [-0.1, -0.05) is 41.4 Å². The van der Waals surface area contributed by atoms with Crippen LogP contribution in [0, 0.1) is 17.0 Å². The normalized spacial score (nSPS) is 10.8. The van der Waals surface area contributed by atoms with Crippen LogP contribution in [0.3, 0.4) is 0 Å². The number of rotatable bonds is 4. The number of nitrogens with one attached hydrogen (secondary N) is 1. The first kappa shape index (κ1) is 19.2. The number of amides is 1. The number of aromatic hydroxyl groups is 1. The number of non-ortho nitro benzene ring substituents is 1. The van der Waals surface area contributed by atoms with Crippen LogP contribution in [0.1, 0.15) is 41.3 Å². The van der Waals surface area contributed by atoms with Gasteiger partial charge in [-0.05, 0) is 36.1 Å². The Bertz CT molecular complexity index is 868. The fourth-order valence-electron chi connectivity index (χ4n) is 2.38. The predicted octanol–water partition coefficient (Wildman–Crippen LogP) is 5.40. The van der Waals surface area contributed by atoms with E-state index in [-0.39, 0.29) is 33.6 Å². The van der Waals surface area contributed by atoms with E-state index < -0.39 is 10.8 Å². The molecule has 0 unspecified atom stereocenters. The third kappa shape index (κ3) is 3.93. The van der Waals surface area contributed by atoms with Crippen molar-refractivity contribution in [3.8, 4) is 5.75 Å². The summed E-state index contributed by atoms with van der Waals surface area (Å²) >= 11 is 9.41. The van der Waals surface area contributed by atoms with E-state index in [0.717, 1.165) is 6.07 Å². The van der Waals surface area contributed by atoms with Gasteiger partial charge in [-0.15, -0.1) is 0 Å². The van der Waals surface area contributed by atoms with Crippen LogP contribution in [0.15, 0.2) is 28.7 Å². The van der Waals surface area contributed by atoms with Gasteiger partial charge in [0.25, 0.3) is 11.6 Å². The average Bonchev–Trinajstić information content (AvgIpc) is 2.52. The first-order valence-corrected chi connectivity index (χ1v) is 8.57. The lowest BCUT2D eigenvalue weighted by Crippen LogP contribution is -2.15. The largest absolute Gasteiger partial charge is 0.507 e. The van der Waals surface area contributed by atoms with Gasteiger partial charge in [0.2, 0.25) is 0 Å². The number of nitrogens with zero attached hydrogens (tertiary/aromatic N) is 1. The van der Waals surface area contributed by atoms with E-state index in [9.17, 15) is 20.0 Å². The molecule has 0 saturated heterocycles. The third-order valence-electron chi connectivity index (χ3n) is 3.79. The van der Waals surface area contributed by atoms with Gasteiger partial charge >= 0.3 is 0 Å². The zero-order valence-electron chi connectivity index (χ0n) is 13.8. The SMILES string of the molecule is Cc1c(Br)cc(C(C)C)c(O)c1C(=O)Nc1ccc([N+](=O)[O-])cc1Cl. The van der Waals surface area contributed by atoms with Crippen molar-refractivity contribution in [2.24, 2.45) is 0 Å². The first-order chi connectivity index (χ1) is 11.6. The number of carbonyl (C=O) groups is 1. The highest BCUT2D eigenvalue weighted by molar-refractivity contribution is 9.10. The highest BCUT2D eigenvalue weighted by Crippen LogP contribution is 2.37. The Labute approximate surface area is 158 Å². The number of nitro groups is 1. The van der Waals surface area contributed by atoms with Crippen molar-refractivity contribution >= 4 is 44.8 Å². The number of carbonyl (C=O) groups excluding carboxylic acids is 1. The number of halogens is 2. The predicted molar refractivity (Wildman–Crippen MR) is 101 cm³/mol. The summed E-state index contributed by atoms with van der Waals surface area (Å²) < 4.78 is 0.703. The van der Waals surface area contributed by atoms with E-state index in [2.05, 4.69) is 21.2 Å². The summed E-state index contributed by atoms with van der Waals surface area (Å²) in [5.74, 6) is -0.619. The minimum Gasteiger partial charge on any atom is -0.507 e. The van der Waals surface area contributed by atoms with Crippen molar-refractivity contribution in [2.75, 3.05) is 5.32 Å². The molecule has 0 radical (unpaired) electrons. The van der Waals surface area contributed by atoms with Crippen LogP contribution in [-0.2, 0) is 0 Å². The van der Waals surface area contributed by atoms with Gasteiger partial charge in [0.15, 0.2) is 0 Å². The molecule has 25 heavy (non-hydrogen) atoms. The van der Waals surface area contributed by atoms with E-state index in [4.69, 9.17) is 11.6 Å². The Balaban J connectivity index is 2.44. The van der Waals surface area contributed by atoms with Gasteiger partial charge in [0.1, 0.15) is 5.75 Å². The standard InChI is InChI=1S/C17H16BrClN2O4/c1-8(2)11-7-12(18)9(3)15(16(11)22)17(23)20-14-5-4-10(21(24)25)6-13(14)19/h4-8,22H,1-3H3,(H,20,23). The molecular weight excluding hydrogens is 412 g/mol. The molecule has 0 saturated carbocycles. The van der Waals surface area contributed by atoms with Gasteiger partial charge in [0.05, 0.1) is 21.2 Å². The third-order valence-corrected chi connectivity index (χ3v) is 4.92. The van der Waals surface area contributed by atoms with Crippen LogP contribution in [0.4, 0.5) is 11.4 Å². The van der Waals surface area contributed by atoms with E-state index in [1.165, 1.54) is 12.1 Å². The average molecular weight is 428 g/mol. The molecule has 0 aliphatic carbocycles.